The Morgan fingerprint density at radius 3 is 2.93 bits per heavy atom. The van der Waals surface area contributed by atoms with Crippen molar-refractivity contribution in [2.75, 3.05) is 19.7 Å². The second-order valence-corrected chi connectivity index (χ2v) is 4.07. The zero-order valence-corrected chi connectivity index (χ0v) is 8.40. The van der Waals surface area contributed by atoms with Crippen LogP contribution in [0, 0.1) is 0 Å². The number of ether oxygens (including phenoxy) is 1. The van der Waals surface area contributed by atoms with Crippen molar-refractivity contribution in [3.63, 3.8) is 0 Å². The fraction of sp³-hybridized carbons (Fsp3) is 0.778. The number of nitrogens with one attached hydrogen (secondary N) is 2. The molecule has 3 heterocycles. The molecule has 6 heteroatoms. The van der Waals surface area contributed by atoms with E-state index in [0.29, 0.717) is 0 Å². The Labute approximate surface area is 86.6 Å². The molecular weight excluding hydrogens is 196 g/mol. The zero-order valence-electron chi connectivity index (χ0n) is 8.40. The first-order chi connectivity index (χ1) is 7.36. The Kier molecular flexibility index (Phi) is 2.10. The minimum absolute atomic E-state index is 0.00421. The first-order valence-electron chi connectivity index (χ1n) is 5.35. The lowest BCUT2D eigenvalue weighted by Gasteiger charge is -2.29. The summed E-state index contributed by atoms with van der Waals surface area (Å²) in [6.45, 7) is 2.47. The third-order valence-corrected chi connectivity index (χ3v) is 3.07. The van der Waals surface area contributed by atoms with E-state index < -0.39 is 0 Å². The summed E-state index contributed by atoms with van der Waals surface area (Å²) in [6.07, 6.45) is 2.02. The van der Waals surface area contributed by atoms with Crippen LogP contribution in [-0.4, -0.2) is 34.5 Å². The van der Waals surface area contributed by atoms with E-state index in [9.17, 15) is 4.79 Å². The number of H-pyrrole nitrogens is 1. The van der Waals surface area contributed by atoms with Crippen molar-refractivity contribution in [2.45, 2.75) is 25.0 Å². The molecule has 0 aliphatic carbocycles. The summed E-state index contributed by atoms with van der Waals surface area (Å²) in [7, 11) is 0. The van der Waals surface area contributed by atoms with Crippen LogP contribution in [0.4, 0.5) is 0 Å². The fourth-order valence-corrected chi connectivity index (χ4v) is 2.13. The largest absolute Gasteiger partial charge is 0.370 e. The Hall–Kier alpha value is -1.14. The number of aromatic nitrogens is 3. The highest BCUT2D eigenvalue weighted by atomic mass is 16.5. The number of rotatable bonds is 2. The Morgan fingerprint density at radius 2 is 2.33 bits per heavy atom. The molecule has 82 valence electrons. The second-order valence-electron chi connectivity index (χ2n) is 4.07. The van der Waals surface area contributed by atoms with E-state index in [1.807, 2.05) is 0 Å². The molecule has 1 aromatic rings. The number of aromatic amines is 1. The van der Waals surface area contributed by atoms with Crippen molar-refractivity contribution in [3.05, 3.63) is 16.3 Å². The summed E-state index contributed by atoms with van der Waals surface area (Å²) in [5, 5.41) is 9.74. The van der Waals surface area contributed by atoms with Crippen LogP contribution in [-0.2, 0) is 4.74 Å². The van der Waals surface area contributed by atoms with Crippen LogP contribution in [0.5, 0.6) is 0 Å². The van der Waals surface area contributed by atoms with Crippen LogP contribution in [0.15, 0.2) is 4.79 Å². The van der Waals surface area contributed by atoms with Crippen LogP contribution >= 0.6 is 0 Å². The van der Waals surface area contributed by atoms with Crippen LogP contribution in [0.2, 0.25) is 0 Å². The summed E-state index contributed by atoms with van der Waals surface area (Å²) in [5.74, 6) is 0.768. The minimum Gasteiger partial charge on any atom is -0.370 e. The standard InChI is InChI=1S/C9H14N4O2/c14-9-12-11-8(7-2-1-3-15-7)13(9)6-4-10-5-6/h6-7,10H,1-5H2,(H,12,14)/t7-/m0/s1. The number of hydrogen-bond donors (Lipinski definition) is 2. The van der Waals surface area contributed by atoms with E-state index in [1.54, 1.807) is 4.57 Å². The third kappa shape index (κ3) is 1.40. The normalized spacial score (nSPS) is 26.8. The average molecular weight is 210 g/mol. The van der Waals surface area contributed by atoms with Crippen molar-refractivity contribution >= 4 is 0 Å². The monoisotopic (exact) mass is 210 g/mol. The van der Waals surface area contributed by atoms with Gasteiger partial charge in [-0.05, 0) is 12.8 Å². The summed E-state index contributed by atoms with van der Waals surface area (Å²) in [6, 6.07) is 0.246. The predicted octanol–water partition coefficient (Wildman–Crippen LogP) is -0.433. The summed E-state index contributed by atoms with van der Waals surface area (Å²) >= 11 is 0. The summed E-state index contributed by atoms with van der Waals surface area (Å²) in [5.41, 5.74) is -0.119. The molecule has 0 saturated carbocycles. The first-order valence-corrected chi connectivity index (χ1v) is 5.35. The highest BCUT2D eigenvalue weighted by molar-refractivity contribution is 4.99. The maximum atomic E-state index is 11.6. The van der Waals surface area contributed by atoms with E-state index in [0.717, 1.165) is 38.4 Å². The van der Waals surface area contributed by atoms with Gasteiger partial charge in [-0.1, -0.05) is 0 Å². The van der Waals surface area contributed by atoms with Gasteiger partial charge in [0.25, 0.3) is 0 Å². The molecule has 0 bridgehead atoms. The van der Waals surface area contributed by atoms with Crippen molar-refractivity contribution in [3.8, 4) is 0 Å². The third-order valence-electron chi connectivity index (χ3n) is 3.07. The molecular formula is C9H14N4O2. The lowest BCUT2D eigenvalue weighted by Crippen LogP contribution is -2.47. The minimum atomic E-state index is -0.119. The van der Waals surface area contributed by atoms with Crippen molar-refractivity contribution < 1.29 is 4.74 Å². The molecule has 0 radical (unpaired) electrons. The molecule has 6 nitrogen and oxygen atoms in total. The molecule has 1 aromatic heterocycles. The van der Waals surface area contributed by atoms with E-state index in [1.165, 1.54) is 0 Å². The predicted molar refractivity (Wildman–Crippen MR) is 52.7 cm³/mol. The van der Waals surface area contributed by atoms with Crippen LogP contribution in [0.1, 0.15) is 30.8 Å². The average Bonchev–Trinajstić information content (AvgIpc) is 2.74. The molecule has 15 heavy (non-hydrogen) atoms. The van der Waals surface area contributed by atoms with Crippen LogP contribution < -0.4 is 11.0 Å². The number of hydrogen-bond acceptors (Lipinski definition) is 4. The van der Waals surface area contributed by atoms with Crippen molar-refractivity contribution in [1.29, 1.82) is 0 Å². The van der Waals surface area contributed by atoms with Gasteiger partial charge >= 0.3 is 5.69 Å². The quantitative estimate of drug-likeness (QED) is 0.694. The van der Waals surface area contributed by atoms with Crippen LogP contribution in [0.25, 0.3) is 0 Å². The Balaban J connectivity index is 1.95. The van der Waals surface area contributed by atoms with Gasteiger partial charge < -0.3 is 10.1 Å². The van der Waals surface area contributed by atoms with Gasteiger partial charge in [0.2, 0.25) is 0 Å². The van der Waals surface area contributed by atoms with Gasteiger partial charge in [0, 0.05) is 19.7 Å². The van der Waals surface area contributed by atoms with Gasteiger partial charge in [-0.2, -0.15) is 5.10 Å². The molecule has 2 aliphatic rings. The topological polar surface area (TPSA) is 71.9 Å². The molecule has 2 fully saturated rings. The highest BCUT2D eigenvalue weighted by Gasteiger charge is 2.30. The Bertz CT molecular complexity index is 400. The SMILES string of the molecule is O=c1[nH]nc([C@@H]2CCCO2)n1C1CNC1. The van der Waals surface area contributed by atoms with Gasteiger partial charge in [0.1, 0.15) is 6.10 Å². The summed E-state index contributed by atoms with van der Waals surface area (Å²) in [4.78, 5) is 11.6. The van der Waals surface area contributed by atoms with Gasteiger partial charge in [-0.15, -0.1) is 0 Å². The van der Waals surface area contributed by atoms with Gasteiger partial charge in [0.15, 0.2) is 5.82 Å². The molecule has 0 amide bonds. The lowest BCUT2D eigenvalue weighted by molar-refractivity contribution is 0.0980. The maximum Gasteiger partial charge on any atom is 0.343 e. The second kappa shape index (κ2) is 3.46. The van der Waals surface area contributed by atoms with E-state index in [4.69, 9.17) is 4.74 Å². The lowest BCUT2D eigenvalue weighted by atomic mass is 10.1. The molecule has 3 rings (SSSR count). The summed E-state index contributed by atoms with van der Waals surface area (Å²) < 4.78 is 7.29. The molecule has 0 unspecified atom stereocenters. The Morgan fingerprint density at radius 1 is 1.47 bits per heavy atom. The maximum absolute atomic E-state index is 11.6. The van der Waals surface area contributed by atoms with Crippen molar-refractivity contribution in [2.24, 2.45) is 0 Å². The molecule has 2 saturated heterocycles. The van der Waals surface area contributed by atoms with Gasteiger partial charge in [0.05, 0.1) is 6.04 Å². The van der Waals surface area contributed by atoms with Crippen molar-refractivity contribution in [1.82, 2.24) is 20.1 Å². The van der Waals surface area contributed by atoms with E-state index in [-0.39, 0.29) is 17.8 Å². The smallest absolute Gasteiger partial charge is 0.343 e. The molecule has 1 atom stereocenters. The number of nitrogens with zero attached hydrogens (tertiary/aromatic N) is 2. The highest BCUT2D eigenvalue weighted by Crippen LogP contribution is 2.27. The molecule has 2 N–H and O–H groups in total. The molecule has 2 aliphatic heterocycles. The van der Waals surface area contributed by atoms with E-state index in [2.05, 4.69) is 15.5 Å². The van der Waals surface area contributed by atoms with Gasteiger partial charge in [-0.3, -0.25) is 4.57 Å². The van der Waals surface area contributed by atoms with Gasteiger partial charge in [-0.25, -0.2) is 9.89 Å². The molecule has 0 spiro atoms. The van der Waals surface area contributed by atoms with E-state index >= 15 is 0 Å². The fourth-order valence-electron chi connectivity index (χ4n) is 2.13. The molecule has 0 aromatic carbocycles. The van der Waals surface area contributed by atoms with Crippen LogP contribution in [0.3, 0.4) is 0 Å². The first kappa shape index (κ1) is 9.11. The zero-order chi connectivity index (χ0) is 10.3.